The second-order valence-electron chi connectivity index (χ2n) is 8.05. The minimum Gasteiger partial charge on any atom is -0.389 e. The Kier molecular flexibility index (Phi) is 5.63. The van der Waals surface area contributed by atoms with E-state index in [4.69, 9.17) is 0 Å². The Morgan fingerprint density at radius 3 is 2.38 bits per heavy atom. The Labute approximate surface area is 170 Å². The number of halogens is 1. The molecule has 2 N–H and O–H groups in total. The van der Waals surface area contributed by atoms with Gasteiger partial charge in [0, 0.05) is 6.54 Å². The van der Waals surface area contributed by atoms with E-state index < -0.39 is 11.5 Å². The smallest absolute Gasteiger partial charge is 0.230 e. The third-order valence-electron chi connectivity index (χ3n) is 6.01. The van der Waals surface area contributed by atoms with Crippen LogP contribution in [0, 0.1) is 5.82 Å². The molecule has 4 heteroatoms. The van der Waals surface area contributed by atoms with Crippen LogP contribution >= 0.6 is 0 Å². The van der Waals surface area contributed by atoms with Crippen LogP contribution in [0.2, 0.25) is 0 Å². The number of hydrogen-bond donors (Lipinski definition) is 2. The molecular weight excluding hydrogens is 365 g/mol. The van der Waals surface area contributed by atoms with Gasteiger partial charge in [-0.05, 0) is 46.9 Å². The van der Waals surface area contributed by atoms with Gasteiger partial charge in [0.15, 0.2) is 0 Å². The predicted octanol–water partition coefficient (Wildman–Crippen LogP) is 5.07. The van der Waals surface area contributed by atoms with Gasteiger partial charge in [-0.25, -0.2) is 4.39 Å². The van der Waals surface area contributed by atoms with E-state index in [0.717, 1.165) is 41.2 Å². The average Bonchev–Trinajstić information content (AvgIpc) is 2.74. The zero-order valence-corrected chi connectivity index (χ0v) is 16.4. The van der Waals surface area contributed by atoms with Crippen LogP contribution in [0.5, 0.6) is 0 Å². The van der Waals surface area contributed by atoms with Gasteiger partial charge in [0.05, 0.1) is 11.5 Å². The zero-order valence-electron chi connectivity index (χ0n) is 16.4. The molecule has 1 atom stereocenters. The van der Waals surface area contributed by atoms with Gasteiger partial charge in [-0.15, -0.1) is 0 Å². The van der Waals surface area contributed by atoms with Gasteiger partial charge in [-0.1, -0.05) is 73.9 Å². The van der Waals surface area contributed by atoms with Crippen LogP contribution in [0.3, 0.4) is 0 Å². The summed E-state index contributed by atoms with van der Waals surface area (Å²) >= 11 is 0. The Morgan fingerprint density at radius 2 is 1.66 bits per heavy atom. The fraction of sp³-hybridized carbons (Fsp3) is 0.320. The van der Waals surface area contributed by atoms with Gasteiger partial charge < -0.3 is 10.4 Å². The van der Waals surface area contributed by atoms with Crippen LogP contribution in [0.15, 0.2) is 66.7 Å². The zero-order chi connectivity index (χ0) is 20.3. The molecule has 1 aliphatic carbocycles. The van der Waals surface area contributed by atoms with E-state index >= 15 is 0 Å². The van der Waals surface area contributed by atoms with Crippen molar-refractivity contribution in [3.8, 4) is 0 Å². The molecule has 1 amide bonds. The summed E-state index contributed by atoms with van der Waals surface area (Å²) in [5.41, 5.74) is 0.616. The average molecular weight is 391 g/mol. The van der Waals surface area contributed by atoms with Gasteiger partial charge in [0.1, 0.15) is 5.82 Å². The molecule has 1 fully saturated rings. The standard InChI is InChI=1S/C25H26FNO2/c26-22-12-8-18(9-13-22)17-27-24(28)23(25(29)14-4-1-5-15-25)21-11-10-19-6-2-3-7-20(19)16-21/h2-3,6-13,16,23,29H,1,4-5,14-15,17H2,(H,27,28). The number of hydrogen-bond acceptors (Lipinski definition) is 2. The summed E-state index contributed by atoms with van der Waals surface area (Å²) < 4.78 is 13.1. The van der Waals surface area contributed by atoms with Gasteiger partial charge in [-0.2, -0.15) is 0 Å². The molecule has 29 heavy (non-hydrogen) atoms. The molecule has 150 valence electrons. The SMILES string of the molecule is O=C(NCc1ccc(F)cc1)C(c1ccc2ccccc2c1)C1(O)CCCCC1. The van der Waals surface area contributed by atoms with E-state index in [9.17, 15) is 14.3 Å². The number of nitrogens with one attached hydrogen (secondary N) is 1. The lowest BCUT2D eigenvalue weighted by Crippen LogP contribution is -2.46. The van der Waals surface area contributed by atoms with Gasteiger partial charge in [0.25, 0.3) is 0 Å². The van der Waals surface area contributed by atoms with Crippen LogP contribution in [-0.2, 0) is 11.3 Å². The second kappa shape index (κ2) is 8.34. The molecular formula is C25H26FNO2. The van der Waals surface area contributed by atoms with Crippen molar-refractivity contribution in [1.29, 1.82) is 0 Å². The summed E-state index contributed by atoms with van der Waals surface area (Å²) in [6, 6.07) is 20.1. The monoisotopic (exact) mass is 391 g/mol. The third kappa shape index (κ3) is 4.33. The van der Waals surface area contributed by atoms with E-state index in [0.29, 0.717) is 19.4 Å². The van der Waals surface area contributed by atoms with E-state index in [2.05, 4.69) is 5.32 Å². The van der Waals surface area contributed by atoms with E-state index in [1.165, 1.54) is 12.1 Å². The van der Waals surface area contributed by atoms with Crippen molar-refractivity contribution in [3.63, 3.8) is 0 Å². The Bertz CT molecular complexity index is 993. The molecule has 3 aromatic carbocycles. The highest BCUT2D eigenvalue weighted by atomic mass is 19.1. The molecule has 3 aromatic rings. The molecule has 0 heterocycles. The van der Waals surface area contributed by atoms with E-state index in [1.54, 1.807) is 12.1 Å². The van der Waals surface area contributed by atoms with Crippen LogP contribution in [-0.4, -0.2) is 16.6 Å². The van der Waals surface area contributed by atoms with Crippen molar-refractivity contribution in [2.75, 3.05) is 0 Å². The first kappa shape index (κ1) is 19.6. The first-order valence-electron chi connectivity index (χ1n) is 10.3. The summed E-state index contributed by atoms with van der Waals surface area (Å²) in [6.07, 6.45) is 4.17. The minimum atomic E-state index is -1.05. The molecule has 1 unspecified atom stereocenters. The number of amides is 1. The number of carbonyl (C=O) groups is 1. The van der Waals surface area contributed by atoms with Crippen molar-refractivity contribution in [2.45, 2.75) is 50.2 Å². The predicted molar refractivity (Wildman–Crippen MR) is 113 cm³/mol. The first-order valence-corrected chi connectivity index (χ1v) is 10.3. The fourth-order valence-corrected chi connectivity index (χ4v) is 4.44. The minimum absolute atomic E-state index is 0.186. The van der Waals surface area contributed by atoms with Crippen molar-refractivity contribution >= 4 is 16.7 Å². The topological polar surface area (TPSA) is 49.3 Å². The van der Waals surface area contributed by atoms with Crippen molar-refractivity contribution in [1.82, 2.24) is 5.32 Å². The Balaban J connectivity index is 1.63. The first-order chi connectivity index (χ1) is 14.0. The highest BCUT2D eigenvalue weighted by molar-refractivity contribution is 5.88. The van der Waals surface area contributed by atoms with Crippen molar-refractivity contribution < 1.29 is 14.3 Å². The lowest BCUT2D eigenvalue weighted by Gasteiger charge is -2.38. The van der Waals surface area contributed by atoms with E-state index in [-0.39, 0.29) is 11.7 Å². The molecule has 0 bridgehead atoms. The quantitative estimate of drug-likeness (QED) is 0.638. The molecule has 0 spiro atoms. The lowest BCUT2D eigenvalue weighted by molar-refractivity contribution is -0.131. The number of rotatable bonds is 5. The van der Waals surface area contributed by atoms with Crippen molar-refractivity contribution in [3.05, 3.63) is 83.7 Å². The van der Waals surface area contributed by atoms with Crippen LogP contribution in [0.4, 0.5) is 4.39 Å². The highest BCUT2D eigenvalue weighted by Crippen LogP contribution is 2.41. The summed E-state index contributed by atoms with van der Waals surface area (Å²) in [5, 5.41) is 16.6. The molecule has 1 saturated carbocycles. The second-order valence-corrected chi connectivity index (χ2v) is 8.05. The molecule has 0 aliphatic heterocycles. The lowest BCUT2D eigenvalue weighted by atomic mass is 9.72. The molecule has 0 saturated heterocycles. The molecule has 0 aromatic heterocycles. The Morgan fingerprint density at radius 1 is 0.966 bits per heavy atom. The van der Waals surface area contributed by atoms with Gasteiger partial charge in [-0.3, -0.25) is 4.79 Å². The summed E-state index contributed by atoms with van der Waals surface area (Å²) in [7, 11) is 0. The highest BCUT2D eigenvalue weighted by Gasteiger charge is 2.43. The normalized spacial score (nSPS) is 17.0. The van der Waals surface area contributed by atoms with E-state index in [1.807, 2.05) is 42.5 Å². The molecule has 0 radical (unpaired) electrons. The number of aliphatic hydroxyl groups is 1. The Hall–Kier alpha value is -2.72. The summed E-state index contributed by atoms with van der Waals surface area (Å²) in [4.78, 5) is 13.3. The third-order valence-corrected chi connectivity index (χ3v) is 6.01. The number of fused-ring (bicyclic) bond motifs is 1. The van der Waals surface area contributed by atoms with Gasteiger partial charge >= 0.3 is 0 Å². The fourth-order valence-electron chi connectivity index (χ4n) is 4.44. The largest absolute Gasteiger partial charge is 0.389 e. The maximum Gasteiger partial charge on any atom is 0.230 e. The van der Waals surface area contributed by atoms with Crippen LogP contribution in [0.25, 0.3) is 10.8 Å². The summed E-state index contributed by atoms with van der Waals surface area (Å²) in [5.74, 6) is -1.12. The maximum atomic E-state index is 13.3. The molecule has 1 aliphatic rings. The molecule has 4 rings (SSSR count). The van der Waals surface area contributed by atoms with Crippen molar-refractivity contribution in [2.24, 2.45) is 0 Å². The van der Waals surface area contributed by atoms with Crippen LogP contribution < -0.4 is 5.32 Å². The summed E-state index contributed by atoms with van der Waals surface area (Å²) in [6.45, 7) is 0.305. The molecule has 3 nitrogen and oxygen atoms in total. The maximum absolute atomic E-state index is 13.3. The number of carbonyl (C=O) groups excluding carboxylic acids is 1. The van der Waals surface area contributed by atoms with Gasteiger partial charge in [0.2, 0.25) is 5.91 Å². The van der Waals surface area contributed by atoms with Crippen LogP contribution in [0.1, 0.15) is 49.1 Å². The number of benzene rings is 3.